The first-order valence-corrected chi connectivity index (χ1v) is 8.67. The summed E-state index contributed by atoms with van der Waals surface area (Å²) in [5.74, 6) is 1.45. The Kier molecular flexibility index (Phi) is 8.97. The third kappa shape index (κ3) is 9.92. The van der Waals surface area contributed by atoms with Gasteiger partial charge in [-0.1, -0.05) is 13.3 Å². The van der Waals surface area contributed by atoms with Crippen molar-refractivity contribution in [1.82, 2.24) is 10.6 Å². The van der Waals surface area contributed by atoms with Crippen LogP contribution in [-0.4, -0.2) is 37.2 Å². The summed E-state index contributed by atoms with van der Waals surface area (Å²) >= 11 is 0. The number of carbonyl (C=O) groups is 1. The molecule has 0 aliphatic rings. The fraction of sp³-hybridized carbons (Fsp3) is 0.667. The molecule has 0 saturated carbocycles. The summed E-state index contributed by atoms with van der Waals surface area (Å²) in [6.45, 7) is 9.71. The number of unbranched alkanes of at least 4 members (excludes halogenated alkanes) is 1. The lowest BCUT2D eigenvalue weighted by Gasteiger charge is -2.19. The number of nitrogens with one attached hydrogen (secondary N) is 2. The Morgan fingerprint density at radius 2 is 2.04 bits per heavy atom. The van der Waals surface area contributed by atoms with Gasteiger partial charge in [-0.15, -0.1) is 0 Å². The van der Waals surface area contributed by atoms with Crippen molar-refractivity contribution in [3.63, 3.8) is 0 Å². The molecule has 0 aromatic carbocycles. The van der Waals surface area contributed by atoms with Crippen LogP contribution in [0.3, 0.4) is 0 Å². The van der Waals surface area contributed by atoms with E-state index in [0.29, 0.717) is 13.0 Å². The number of ether oxygens (including phenoxy) is 1. The topological polar surface area (TPSA) is 75.9 Å². The number of guanidine groups is 1. The fourth-order valence-corrected chi connectivity index (χ4v) is 1.96. The summed E-state index contributed by atoms with van der Waals surface area (Å²) in [7, 11) is 0. The monoisotopic (exact) mass is 337 g/mol. The molecule has 0 aliphatic heterocycles. The third-order valence-electron chi connectivity index (χ3n) is 3.07. The van der Waals surface area contributed by atoms with Crippen molar-refractivity contribution in [3.05, 3.63) is 24.2 Å². The molecule has 0 amide bonds. The minimum atomic E-state index is -0.448. The first-order valence-electron chi connectivity index (χ1n) is 8.67. The molecule has 0 radical (unpaired) electrons. The van der Waals surface area contributed by atoms with Gasteiger partial charge in [-0.2, -0.15) is 0 Å². The van der Waals surface area contributed by atoms with Crippen molar-refractivity contribution in [1.29, 1.82) is 0 Å². The van der Waals surface area contributed by atoms with E-state index >= 15 is 0 Å². The molecule has 1 rings (SSSR count). The van der Waals surface area contributed by atoms with E-state index in [1.165, 1.54) is 0 Å². The number of nitrogens with zero attached hydrogens (tertiary/aromatic N) is 1. The molecule has 24 heavy (non-hydrogen) atoms. The maximum atomic E-state index is 11.7. The average Bonchev–Trinajstić information content (AvgIpc) is 2.98. The molecule has 2 N–H and O–H groups in total. The van der Waals surface area contributed by atoms with E-state index < -0.39 is 5.60 Å². The van der Waals surface area contributed by atoms with Gasteiger partial charge in [-0.3, -0.25) is 9.79 Å². The highest BCUT2D eigenvalue weighted by atomic mass is 16.6. The van der Waals surface area contributed by atoms with E-state index in [4.69, 9.17) is 9.15 Å². The number of aliphatic imine (C=N–C) groups is 1. The van der Waals surface area contributed by atoms with E-state index in [2.05, 4.69) is 22.5 Å². The second kappa shape index (κ2) is 10.7. The van der Waals surface area contributed by atoms with Crippen molar-refractivity contribution >= 4 is 11.9 Å². The molecule has 6 heteroatoms. The van der Waals surface area contributed by atoms with Gasteiger partial charge in [-0.25, -0.2) is 0 Å². The third-order valence-corrected chi connectivity index (χ3v) is 3.07. The fourth-order valence-electron chi connectivity index (χ4n) is 1.96. The number of furan rings is 1. The maximum absolute atomic E-state index is 11.7. The molecule has 1 heterocycles. The first kappa shape index (κ1) is 20.1. The van der Waals surface area contributed by atoms with Crippen LogP contribution < -0.4 is 10.6 Å². The lowest BCUT2D eigenvalue weighted by molar-refractivity contribution is -0.154. The van der Waals surface area contributed by atoms with Crippen LogP contribution in [0.4, 0.5) is 0 Å². The van der Waals surface area contributed by atoms with Gasteiger partial charge in [0.1, 0.15) is 11.4 Å². The van der Waals surface area contributed by atoms with E-state index in [9.17, 15) is 4.79 Å². The second-order valence-electron chi connectivity index (χ2n) is 6.60. The minimum Gasteiger partial charge on any atom is -0.469 e. The van der Waals surface area contributed by atoms with E-state index in [-0.39, 0.29) is 5.97 Å². The van der Waals surface area contributed by atoms with Crippen molar-refractivity contribution in [3.8, 4) is 0 Å². The molecule has 6 nitrogen and oxygen atoms in total. The molecule has 1 aromatic rings. The minimum absolute atomic E-state index is 0.210. The van der Waals surface area contributed by atoms with Crippen LogP contribution in [0.2, 0.25) is 0 Å². The van der Waals surface area contributed by atoms with E-state index in [1.54, 1.807) is 6.26 Å². The quantitative estimate of drug-likeness (QED) is 0.314. The normalized spacial score (nSPS) is 12.1. The maximum Gasteiger partial charge on any atom is 0.308 e. The molecule has 0 bridgehead atoms. The Balaban J connectivity index is 2.35. The Labute approximate surface area is 145 Å². The summed E-state index contributed by atoms with van der Waals surface area (Å²) in [5, 5.41) is 6.45. The van der Waals surface area contributed by atoms with Gasteiger partial charge >= 0.3 is 5.97 Å². The average molecular weight is 337 g/mol. The Bertz CT molecular complexity index is 490. The zero-order valence-electron chi connectivity index (χ0n) is 15.4. The number of esters is 1. The predicted molar refractivity (Wildman–Crippen MR) is 96.1 cm³/mol. The van der Waals surface area contributed by atoms with Gasteiger partial charge in [0.15, 0.2) is 5.96 Å². The largest absolute Gasteiger partial charge is 0.469 e. The van der Waals surface area contributed by atoms with Crippen LogP contribution in [0.15, 0.2) is 27.8 Å². The van der Waals surface area contributed by atoms with Crippen LogP contribution in [-0.2, 0) is 16.0 Å². The van der Waals surface area contributed by atoms with E-state index in [1.807, 2.05) is 32.9 Å². The summed E-state index contributed by atoms with van der Waals surface area (Å²) in [5.41, 5.74) is -0.448. The number of rotatable bonds is 9. The molecule has 0 unspecified atom stereocenters. The highest BCUT2D eigenvalue weighted by molar-refractivity contribution is 5.80. The van der Waals surface area contributed by atoms with Gasteiger partial charge in [0.05, 0.1) is 12.7 Å². The van der Waals surface area contributed by atoms with Gasteiger partial charge in [-0.05, 0) is 39.3 Å². The molecular weight excluding hydrogens is 306 g/mol. The van der Waals surface area contributed by atoms with Crippen LogP contribution in [0.5, 0.6) is 0 Å². The van der Waals surface area contributed by atoms with Crippen LogP contribution >= 0.6 is 0 Å². The molecule has 1 aromatic heterocycles. The van der Waals surface area contributed by atoms with Gasteiger partial charge in [0.25, 0.3) is 0 Å². The standard InChI is InChI=1S/C18H31N3O3/c1-5-6-11-19-17(20-12-9-15-8-7-14-23-15)21-13-10-16(22)24-18(2,3)4/h7-8,14H,5-6,9-13H2,1-4H3,(H2,19,20,21). The van der Waals surface area contributed by atoms with Crippen molar-refractivity contribution in [2.75, 3.05) is 19.6 Å². The van der Waals surface area contributed by atoms with Gasteiger partial charge < -0.3 is 19.8 Å². The number of carbonyl (C=O) groups excluding carboxylic acids is 1. The lowest BCUT2D eigenvalue weighted by Crippen LogP contribution is -2.40. The van der Waals surface area contributed by atoms with Gasteiger partial charge in [0.2, 0.25) is 0 Å². The molecule has 0 spiro atoms. The smallest absolute Gasteiger partial charge is 0.308 e. The summed E-state index contributed by atoms with van der Waals surface area (Å²) in [6, 6.07) is 3.83. The van der Waals surface area contributed by atoms with Crippen LogP contribution in [0.1, 0.15) is 52.7 Å². The molecular formula is C18H31N3O3. The zero-order valence-corrected chi connectivity index (χ0v) is 15.4. The summed E-state index contributed by atoms with van der Waals surface area (Å²) in [4.78, 5) is 16.3. The van der Waals surface area contributed by atoms with E-state index in [0.717, 1.165) is 44.1 Å². The highest BCUT2D eigenvalue weighted by Crippen LogP contribution is 2.07. The van der Waals surface area contributed by atoms with Crippen LogP contribution in [0.25, 0.3) is 0 Å². The summed E-state index contributed by atoms with van der Waals surface area (Å²) in [6.07, 6.45) is 4.90. The highest BCUT2D eigenvalue weighted by Gasteiger charge is 2.15. The zero-order chi connectivity index (χ0) is 17.8. The first-order chi connectivity index (χ1) is 11.4. The van der Waals surface area contributed by atoms with Crippen molar-refractivity contribution < 1.29 is 13.9 Å². The number of hydrogen-bond acceptors (Lipinski definition) is 4. The van der Waals surface area contributed by atoms with Crippen molar-refractivity contribution in [2.24, 2.45) is 4.99 Å². The number of hydrogen-bond donors (Lipinski definition) is 2. The SMILES string of the molecule is CCCCN=C(NCCC(=O)OC(C)(C)C)NCCc1ccco1. The van der Waals surface area contributed by atoms with Crippen LogP contribution in [0, 0.1) is 0 Å². The van der Waals surface area contributed by atoms with Crippen molar-refractivity contribution in [2.45, 2.75) is 59.0 Å². The Morgan fingerprint density at radius 3 is 2.67 bits per heavy atom. The molecule has 0 saturated heterocycles. The molecule has 0 atom stereocenters. The molecule has 0 aliphatic carbocycles. The molecule has 0 fully saturated rings. The second-order valence-corrected chi connectivity index (χ2v) is 6.60. The van der Waals surface area contributed by atoms with Gasteiger partial charge in [0, 0.05) is 26.1 Å². The Morgan fingerprint density at radius 1 is 1.29 bits per heavy atom. The summed E-state index contributed by atoms with van der Waals surface area (Å²) < 4.78 is 10.6. The predicted octanol–water partition coefficient (Wildman–Crippen LogP) is 2.89. The molecule has 136 valence electrons. The lowest BCUT2D eigenvalue weighted by atomic mass is 10.2. The Hall–Kier alpha value is -1.98.